The van der Waals surface area contributed by atoms with Gasteiger partial charge in [0.15, 0.2) is 0 Å². The second-order valence-corrected chi connectivity index (χ2v) is 6.16. The highest BCUT2D eigenvalue weighted by Crippen LogP contribution is 2.27. The molecule has 19 heavy (non-hydrogen) atoms. The summed E-state index contributed by atoms with van der Waals surface area (Å²) in [5, 5.41) is 0. The number of ether oxygens (including phenoxy) is 1. The number of anilines is 1. The van der Waals surface area contributed by atoms with Crippen molar-refractivity contribution in [2.24, 2.45) is 0 Å². The van der Waals surface area contributed by atoms with Crippen molar-refractivity contribution < 1.29 is 13.2 Å². The van der Waals surface area contributed by atoms with Crippen LogP contribution in [0.2, 0.25) is 0 Å². The van der Waals surface area contributed by atoms with Crippen molar-refractivity contribution in [2.75, 3.05) is 25.5 Å². The van der Waals surface area contributed by atoms with Crippen molar-refractivity contribution in [3.05, 3.63) is 22.8 Å². The highest BCUT2D eigenvalue weighted by Gasteiger charge is 2.21. The summed E-state index contributed by atoms with van der Waals surface area (Å²) in [4.78, 5) is 0.279. The number of sulfonamides is 1. The van der Waals surface area contributed by atoms with E-state index in [-0.39, 0.29) is 11.4 Å². The monoisotopic (exact) mass is 286 g/mol. The quantitative estimate of drug-likeness (QED) is 0.613. The molecule has 0 unspecified atom stereocenters. The Morgan fingerprint density at radius 3 is 2.47 bits per heavy atom. The van der Waals surface area contributed by atoms with Gasteiger partial charge in [-0.05, 0) is 50.5 Å². The van der Waals surface area contributed by atoms with E-state index in [1.54, 1.807) is 19.9 Å². The molecule has 0 aliphatic heterocycles. The maximum atomic E-state index is 12.3. The van der Waals surface area contributed by atoms with Gasteiger partial charge in [-0.15, -0.1) is 0 Å². The molecule has 0 aromatic heterocycles. The average molecular weight is 286 g/mol. The Morgan fingerprint density at radius 1 is 1.26 bits per heavy atom. The van der Waals surface area contributed by atoms with Crippen molar-refractivity contribution in [1.82, 2.24) is 4.72 Å². The standard InChI is InChI=1S/C13H22N2O3S/c1-5-18-7-6-15-19(16,17)13-10(3)9(2)8-12(14)11(13)4/h8,15H,5-7,14H2,1-4H3. The zero-order chi connectivity index (χ0) is 14.6. The average Bonchev–Trinajstić information content (AvgIpc) is 2.32. The highest BCUT2D eigenvalue weighted by molar-refractivity contribution is 7.89. The zero-order valence-electron chi connectivity index (χ0n) is 11.9. The molecule has 0 aliphatic carbocycles. The molecule has 0 spiro atoms. The van der Waals surface area contributed by atoms with E-state index >= 15 is 0 Å². The predicted molar refractivity (Wildman–Crippen MR) is 76.7 cm³/mol. The van der Waals surface area contributed by atoms with Crippen LogP contribution in [-0.4, -0.2) is 28.2 Å². The minimum Gasteiger partial charge on any atom is -0.398 e. The van der Waals surface area contributed by atoms with Crippen LogP contribution in [0.1, 0.15) is 23.6 Å². The molecule has 0 fully saturated rings. The highest BCUT2D eigenvalue weighted by atomic mass is 32.2. The smallest absolute Gasteiger partial charge is 0.241 e. The van der Waals surface area contributed by atoms with E-state index in [9.17, 15) is 8.42 Å². The molecule has 0 atom stereocenters. The van der Waals surface area contributed by atoms with Gasteiger partial charge in [-0.2, -0.15) is 0 Å². The summed E-state index contributed by atoms with van der Waals surface area (Å²) in [6.45, 7) is 8.40. The third-order valence-electron chi connectivity index (χ3n) is 3.09. The molecule has 0 aliphatic rings. The number of nitrogens with two attached hydrogens (primary N) is 1. The Kier molecular flexibility index (Phi) is 5.34. The molecular formula is C13H22N2O3S. The molecule has 0 saturated heterocycles. The van der Waals surface area contributed by atoms with E-state index in [4.69, 9.17) is 10.5 Å². The molecule has 108 valence electrons. The van der Waals surface area contributed by atoms with E-state index in [1.165, 1.54) is 0 Å². The van der Waals surface area contributed by atoms with Gasteiger partial charge in [-0.1, -0.05) is 0 Å². The van der Waals surface area contributed by atoms with Crippen molar-refractivity contribution in [3.63, 3.8) is 0 Å². The summed E-state index contributed by atoms with van der Waals surface area (Å²) in [7, 11) is -3.56. The van der Waals surface area contributed by atoms with Crippen molar-refractivity contribution in [1.29, 1.82) is 0 Å². The Bertz CT molecular complexity index is 527. The number of hydrogen-bond donors (Lipinski definition) is 2. The predicted octanol–water partition coefficient (Wildman–Crippen LogP) is 1.51. The lowest BCUT2D eigenvalue weighted by atomic mass is 10.1. The second kappa shape index (κ2) is 6.36. The molecule has 1 rings (SSSR count). The summed E-state index contributed by atoms with van der Waals surface area (Å²) >= 11 is 0. The molecule has 0 saturated carbocycles. The van der Waals surface area contributed by atoms with Crippen LogP contribution < -0.4 is 10.5 Å². The van der Waals surface area contributed by atoms with Crippen molar-refractivity contribution >= 4 is 15.7 Å². The van der Waals surface area contributed by atoms with Crippen LogP contribution in [-0.2, 0) is 14.8 Å². The number of aryl methyl sites for hydroxylation is 1. The minimum absolute atomic E-state index is 0.253. The fraction of sp³-hybridized carbons (Fsp3) is 0.538. The normalized spacial score (nSPS) is 11.8. The molecule has 0 amide bonds. The minimum atomic E-state index is -3.56. The molecular weight excluding hydrogens is 264 g/mol. The maximum absolute atomic E-state index is 12.3. The summed E-state index contributed by atoms with van der Waals surface area (Å²) in [5.74, 6) is 0. The van der Waals surface area contributed by atoms with E-state index < -0.39 is 10.0 Å². The van der Waals surface area contributed by atoms with Crippen LogP contribution >= 0.6 is 0 Å². The summed E-state index contributed by atoms with van der Waals surface area (Å²) in [6.07, 6.45) is 0. The van der Waals surface area contributed by atoms with Gasteiger partial charge in [0.2, 0.25) is 10.0 Å². The van der Waals surface area contributed by atoms with E-state index in [0.29, 0.717) is 24.5 Å². The summed E-state index contributed by atoms with van der Waals surface area (Å²) < 4.78 is 32.3. The van der Waals surface area contributed by atoms with Crippen LogP contribution in [0.5, 0.6) is 0 Å². The molecule has 3 N–H and O–H groups in total. The summed E-state index contributed by atoms with van der Waals surface area (Å²) in [5.41, 5.74) is 8.53. The van der Waals surface area contributed by atoms with Gasteiger partial charge >= 0.3 is 0 Å². The number of rotatable bonds is 6. The molecule has 1 aromatic carbocycles. The van der Waals surface area contributed by atoms with Crippen LogP contribution in [0.15, 0.2) is 11.0 Å². The first-order valence-electron chi connectivity index (χ1n) is 6.25. The van der Waals surface area contributed by atoms with Gasteiger partial charge in [0.25, 0.3) is 0 Å². The second-order valence-electron chi connectivity index (χ2n) is 4.46. The van der Waals surface area contributed by atoms with Gasteiger partial charge in [0.1, 0.15) is 0 Å². The van der Waals surface area contributed by atoms with Gasteiger partial charge in [-0.3, -0.25) is 0 Å². The zero-order valence-corrected chi connectivity index (χ0v) is 12.7. The van der Waals surface area contributed by atoms with Gasteiger partial charge in [0, 0.05) is 18.8 Å². The van der Waals surface area contributed by atoms with Gasteiger partial charge < -0.3 is 10.5 Å². The fourth-order valence-electron chi connectivity index (χ4n) is 1.91. The Hall–Kier alpha value is -1.11. The molecule has 0 heterocycles. The first-order chi connectivity index (χ1) is 8.81. The van der Waals surface area contributed by atoms with Gasteiger partial charge in [-0.25, -0.2) is 13.1 Å². The van der Waals surface area contributed by atoms with Gasteiger partial charge in [0.05, 0.1) is 11.5 Å². The Morgan fingerprint density at radius 2 is 1.89 bits per heavy atom. The van der Waals surface area contributed by atoms with Crippen molar-refractivity contribution in [3.8, 4) is 0 Å². The van der Waals surface area contributed by atoms with E-state index in [2.05, 4.69) is 4.72 Å². The number of nitrogens with one attached hydrogen (secondary N) is 1. The van der Waals surface area contributed by atoms with Crippen LogP contribution in [0, 0.1) is 20.8 Å². The summed E-state index contributed by atoms with van der Waals surface area (Å²) in [6, 6.07) is 1.80. The fourth-order valence-corrected chi connectivity index (χ4v) is 3.49. The largest absolute Gasteiger partial charge is 0.398 e. The van der Waals surface area contributed by atoms with E-state index in [0.717, 1.165) is 11.1 Å². The lowest BCUT2D eigenvalue weighted by Crippen LogP contribution is -2.29. The molecule has 0 radical (unpaired) electrons. The molecule has 0 bridgehead atoms. The molecule has 6 heteroatoms. The van der Waals surface area contributed by atoms with Crippen LogP contribution in [0.3, 0.4) is 0 Å². The third-order valence-corrected chi connectivity index (χ3v) is 4.82. The lowest BCUT2D eigenvalue weighted by Gasteiger charge is -2.15. The van der Waals surface area contributed by atoms with Crippen LogP contribution in [0.4, 0.5) is 5.69 Å². The number of hydrogen-bond acceptors (Lipinski definition) is 4. The first-order valence-corrected chi connectivity index (χ1v) is 7.73. The third kappa shape index (κ3) is 3.68. The Labute approximate surface area is 115 Å². The molecule has 5 nitrogen and oxygen atoms in total. The SMILES string of the molecule is CCOCCNS(=O)(=O)c1c(C)c(C)cc(N)c1C. The lowest BCUT2D eigenvalue weighted by molar-refractivity contribution is 0.153. The maximum Gasteiger partial charge on any atom is 0.241 e. The Balaban J connectivity index is 3.08. The van der Waals surface area contributed by atoms with Crippen LogP contribution in [0.25, 0.3) is 0 Å². The van der Waals surface area contributed by atoms with Crippen molar-refractivity contribution in [2.45, 2.75) is 32.6 Å². The topological polar surface area (TPSA) is 81.4 Å². The number of nitrogen functional groups attached to an aromatic ring is 1. The van der Waals surface area contributed by atoms with E-state index in [1.807, 2.05) is 13.8 Å². The number of benzene rings is 1. The molecule has 1 aromatic rings. The first kappa shape index (κ1) is 15.9.